The van der Waals surface area contributed by atoms with Crippen molar-refractivity contribution in [3.05, 3.63) is 65.2 Å². The van der Waals surface area contributed by atoms with Crippen LogP contribution >= 0.6 is 11.3 Å². The fourth-order valence-electron chi connectivity index (χ4n) is 2.86. The van der Waals surface area contributed by atoms with Gasteiger partial charge in [0.1, 0.15) is 10.8 Å². The predicted molar refractivity (Wildman–Crippen MR) is 120 cm³/mol. The van der Waals surface area contributed by atoms with E-state index in [1.807, 2.05) is 43.5 Å². The van der Waals surface area contributed by atoms with E-state index < -0.39 is 0 Å². The van der Waals surface area contributed by atoms with Crippen LogP contribution in [0.1, 0.15) is 36.3 Å². The number of hydrogen-bond acceptors (Lipinski definition) is 5. The number of nitrogens with one attached hydrogen (secondary N) is 2. The van der Waals surface area contributed by atoms with Crippen molar-refractivity contribution >= 4 is 28.8 Å². The molecular weight excluding hydrogens is 398 g/mol. The van der Waals surface area contributed by atoms with Crippen LogP contribution in [0.3, 0.4) is 0 Å². The Morgan fingerprint density at radius 3 is 2.57 bits per heavy atom. The van der Waals surface area contributed by atoms with Crippen LogP contribution in [0.15, 0.2) is 53.9 Å². The van der Waals surface area contributed by atoms with E-state index in [0.717, 1.165) is 22.7 Å². The molecule has 2 amide bonds. The van der Waals surface area contributed by atoms with Gasteiger partial charge < -0.3 is 15.4 Å². The summed E-state index contributed by atoms with van der Waals surface area (Å²) in [6.07, 6.45) is 0.985. The average Bonchev–Trinajstić information content (AvgIpc) is 3.21. The normalized spacial score (nSPS) is 10.5. The summed E-state index contributed by atoms with van der Waals surface area (Å²) in [7, 11) is 0. The van der Waals surface area contributed by atoms with Crippen molar-refractivity contribution in [1.82, 2.24) is 10.3 Å². The van der Waals surface area contributed by atoms with Crippen molar-refractivity contribution in [2.45, 2.75) is 26.7 Å². The Morgan fingerprint density at radius 2 is 1.83 bits per heavy atom. The zero-order valence-electron chi connectivity index (χ0n) is 17.1. The van der Waals surface area contributed by atoms with Crippen LogP contribution in [0.2, 0.25) is 0 Å². The van der Waals surface area contributed by atoms with Crippen molar-refractivity contribution in [1.29, 1.82) is 0 Å². The van der Waals surface area contributed by atoms with Crippen LogP contribution in [-0.4, -0.2) is 29.9 Å². The topological polar surface area (TPSA) is 80.3 Å². The second-order valence-corrected chi connectivity index (χ2v) is 7.49. The highest BCUT2D eigenvalue weighted by Crippen LogP contribution is 2.26. The Kier molecular flexibility index (Phi) is 7.57. The Morgan fingerprint density at radius 1 is 1.07 bits per heavy atom. The number of rotatable bonds is 9. The van der Waals surface area contributed by atoms with Crippen molar-refractivity contribution < 1.29 is 14.3 Å². The number of hydrogen-bond donors (Lipinski definition) is 2. The molecule has 0 saturated heterocycles. The van der Waals surface area contributed by atoms with E-state index in [4.69, 9.17) is 4.74 Å². The third kappa shape index (κ3) is 5.67. The molecule has 2 N–H and O–H groups in total. The molecule has 0 aliphatic rings. The number of anilines is 1. The lowest BCUT2D eigenvalue weighted by molar-refractivity contribution is -0.115. The van der Waals surface area contributed by atoms with Gasteiger partial charge in [-0.2, -0.15) is 0 Å². The molecule has 0 aliphatic carbocycles. The zero-order chi connectivity index (χ0) is 21.3. The van der Waals surface area contributed by atoms with E-state index in [-0.39, 0.29) is 18.2 Å². The van der Waals surface area contributed by atoms with Crippen LogP contribution in [0.5, 0.6) is 5.75 Å². The van der Waals surface area contributed by atoms with Crippen LogP contribution in [0.25, 0.3) is 10.6 Å². The Bertz CT molecular complexity index is 999. The summed E-state index contributed by atoms with van der Waals surface area (Å²) in [4.78, 5) is 29.4. The largest absolute Gasteiger partial charge is 0.494 e. The number of para-hydroxylation sites is 1. The molecule has 0 atom stereocenters. The first-order chi connectivity index (χ1) is 14.6. The standard InChI is InChI=1S/C23H25N3O3S/c1-3-13-24-22(28)19-7-5-6-8-20(19)26-21(27)14-17-15-30-23(25-17)16-9-11-18(12-10-16)29-4-2/h5-12,15H,3-4,13-14H2,1-2H3,(H,24,28)(H,26,27). The highest BCUT2D eigenvalue weighted by Gasteiger charge is 2.14. The molecule has 1 aromatic heterocycles. The number of ether oxygens (including phenoxy) is 1. The van der Waals surface area contributed by atoms with Crippen molar-refractivity contribution in [3.63, 3.8) is 0 Å². The van der Waals surface area contributed by atoms with E-state index in [1.54, 1.807) is 24.3 Å². The summed E-state index contributed by atoms with van der Waals surface area (Å²) in [5.74, 6) is 0.410. The number of aromatic nitrogens is 1. The third-order valence-corrected chi connectivity index (χ3v) is 5.23. The molecule has 0 radical (unpaired) electrons. The molecule has 156 valence electrons. The fraction of sp³-hybridized carbons (Fsp3) is 0.261. The molecule has 0 spiro atoms. The molecule has 3 aromatic rings. The summed E-state index contributed by atoms with van der Waals surface area (Å²) in [6, 6.07) is 14.7. The lowest BCUT2D eigenvalue weighted by atomic mass is 10.1. The quantitative estimate of drug-likeness (QED) is 0.530. The maximum atomic E-state index is 12.5. The predicted octanol–water partition coefficient (Wildman–Crippen LogP) is 4.53. The molecule has 1 heterocycles. The zero-order valence-corrected chi connectivity index (χ0v) is 17.9. The van der Waals surface area contributed by atoms with Crippen LogP contribution in [0.4, 0.5) is 5.69 Å². The summed E-state index contributed by atoms with van der Waals surface area (Å²) in [5.41, 5.74) is 2.62. The first kappa shape index (κ1) is 21.5. The maximum absolute atomic E-state index is 12.5. The van der Waals surface area contributed by atoms with Gasteiger partial charge >= 0.3 is 0 Å². The van der Waals surface area contributed by atoms with Crippen LogP contribution in [0, 0.1) is 0 Å². The van der Waals surface area contributed by atoms with Gasteiger partial charge in [-0.15, -0.1) is 11.3 Å². The number of benzene rings is 2. The minimum absolute atomic E-state index is 0.137. The molecule has 2 aromatic carbocycles. The number of thiazole rings is 1. The fourth-order valence-corrected chi connectivity index (χ4v) is 3.69. The van der Waals surface area contributed by atoms with Crippen LogP contribution in [-0.2, 0) is 11.2 Å². The third-order valence-electron chi connectivity index (χ3n) is 4.29. The molecule has 7 heteroatoms. The number of carbonyl (C=O) groups excluding carboxylic acids is 2. The van der Waals surface area contributed by atoms with E-state index in [2.05, 4.69) is 15.6 Å². The molecule has 0 aliphatic heterocycles. The monoisotopic (exact) mass is 423 g/mol. The Labute approximate surface area is 180 Å². The summed E-state index contributed by atoms with van der Waals surface area (Å²) in [5, 5.41) is 8.40. The Hall–Kier alpha value is -3.19. The molecule has 0 bridgehead atoms. The molecule has 6 nitrogen and oxygen atoms in total. The van der Waals surface area contributed by atoms with Gasteiger partial charge in [0.05, 0.1) is 30.0 Å². The highest BCUT2D eigenvalue weighted by molar-refractivity contribution is 7.13. The lowest BCUT2D eigenvalue weighted by Gasteiger charge is -2.10. The summed E-state index contributed by atoms with van der Waals surface area (Å²) in [6.45, 7) is 5.15. The minimum Gasteiger partial charge on any atom is -0.494 e. The van der Waals surface area contributed by atoms with Crippen molar-refractivity contribution in [3.8, 4) is 16.3 Å². The van der Waals surface area contributed by atoms with E-state index in [1.165, 1.54) is 11.3 Å². The number of carbonyl (C=O) groups is 2. The first-order valence-electron chi connectivity index (χ1n) is 9.95. The number of amides is 2. The van der Waals surface area contributed by atoms with Gasteiger partial charge in [-0.3, -0.25) is 9.59 Å². The maximum Gasteiger partial charge on any atom is 0.253 e. The van der Waals surface area contributed by atoms with Crippen molar-refractivity contribution in [2.24, 2.45) is 0 Å². The van der Waals surface area contributed by atoms with Gasteiger partial charge in [0.15, 0.2) is 0 Å². The highest BCUT2D eigenvalue weighted by atomic mass is 32.1. The molecule has 0 unspecified atom stereocenters. The molecule has 0 saturated carbocycles. The molecular formula is C23H25N3O3S. The van der Waals surface area contributed by atoms with Gasteiger partial charge in [0, 0.05) is 17.5 Å². The Balaban J connectivity index is 1.64. The van der Waals surface area contributed by atoms with Gasteiger partial charge in [0.2, 0.25) is 5.91 Å². The van der Waals surface area contributed by atoms with Gasteiger partial charge in [-0.05, 0) is 49.7 Å². The average molecular weight is 424 g/mol. The SMILES string of the molecule is CCCNC(=O)c1ccccc1NC(=O)Cc1csc(-c2ccc(OCC)cc2)n1. The van der Waals surface area contributed by atoms with Gasteiger partial charge in [0.25, 0.3) is 5.91 Å². The van der Waals surface area contributed by atoms with E-state index in [9.17, 15) is 9.59 Å². The summed E-state index contributed by atoms with van der Waals surface area (Å²) >= 11 is 1.49. The minimum atomic E-state index is -0.214. The van der Waals surface area contributed by atoms with Crippen molar-refractivity contribution in [2.75, 3.05) is 18.5 Å². The van der Waals surface area contributed by atoms with Gasteiger partial charge in [-0.1, -0.05) is 19.1 Å². The first-order valence-corrected chi connectivity index (χ1v) is 10.8. The second-order valence-electron chi connectivity index (χ2n) is 6.63. The van der Waals surface area contributed by atoms with E-state index in [0.29, 0.717) is 30.1 Å². The molecule has 0 fully saturated rings. The second kappa shape index (κ2) is 10.5. The smallest absolute Gasteiger partial charge is 0.253 e. The number of nitrogens with zero attached hydrogens (tertiary/aromatic N) is 1. The summed E-state index contributed by atoms with van der Waals surface area (Å²) < 4.78 is 5.46. The van der Waals surface area contributed by atoms with Crippen LogP contribution < -0.4 is 15.4 Å². The van der Waals surface area contributed by atoms with E-state index >= 15 is 0 Å². The molecule has 30 heavy (non-hydrogen) atoms. The molecule has 3 rings (SSSR count). The lowest BCUT2D eigenvalue weighted by Crippen LogP contribution is -2.26. The van der Waals surface area contributed by atoms with Gasteiger partial charge in [-0.25, -0.2) is 4.98 Å².